The average Bonchev–Trinajstić information content (AvgIpc) is 2.83. The zero-order valence-corrected chi connectivity index (χ0v) is 12.4. The number of allylic oxidation sites excluding steroid dienone is 2. The minimum atomic E-state index is 0.267. The third-order valence-corrected chi connectivity index (χ3v) is 4.55. The van der Waals surface area contributed by atoms with Crippen LogP contribution in [0.3, 0.4) is 0 Å². The minimum Gasteiger partial charge on any atom is -0.302 e. The summed E-state index contributed by atoms with van der Waals surface area (Å²) in [6.45, 7) is 5.51. The van der Waals surface area contributed by atoms with E-state index in [1.807, 2.05) is 0 Å². The van der Waals surface area contributed by atoms with Gasteiger partial charge in [0.2, 0.25) is 0 Å². The molecule has 0 amide bonds. The van der Waals surface area contributed by atoms with E-state index in [1.54, 1.807) is 5.57 Å². The number of nitrogens with zero attached hydrogens (tertiary/aromatic N) is 1. The molecule has 0 radical (unpaired) electrons. The van der Waals surface area contributed by atoms with Crippen LogP contribution in [0.15, 0.2) is 30.3 Å². The van der Waals surface area contributed by atoms with Gasteiger partial charge in [0.15, 0.2) is 0 Å². The maximum Gasteiger partial charge on any atom is 0.0435 e. The van der Waals surface area contributed by atoms with E-state index in [4.69, 9.17) is 11.6 Å². The van der Waals surface area contributed by atoms with Crippen molar-refractivity contribution in [3.8, 4) is 0 Å². The van der Waals surface area contributed by atoms with E-state index in [0.29, 0.717) is 0 Å². The summed E-state index contributed by atoms with van der Waals surface area (Å²) >= 11 is 6.09. The first-order valence-corrected chi connectivity index (χ1v) is 7.82. The standard InChI is InChI=1S/C17H22ClN/c1-13(18)12-19-10-8-15(9-11-19)17-7-6-14-4-2-3-5-16(14)17/h2-5,7,13,15H,6,8-12H2,1H3. The molecule has 0 spiro atoms. The topological polar surface area (TPSA) is 3.24 Å². The first-order chi connectivity index (χ1) is 9.24. The van der Waals surface area contributed by atoms with Gasteiger partial charge in [-0.3, -0.25) is 0 Å². The molecular formula is C17H22ClN. The van der Waals surface area contributed by atoms with Gasteiger partial charge in [-0.15, -0.1) is 11.6 Å². The number of hydrogen-bond donors (Lipinski definition) is 0. The second-order valence-electron chi connectivity index (χ2n) is 5.88. The number of halogens is 1. The zero-order chi connectivity index (χ0) is 13.2. The summed E-state index contributed by atoms with van der Waals surface area (Å²) in [4.78, 5) is 2.51. The molecule has 1 aromatic rings. The van der Waals surface area contributed by atoms with E-state index in [-0.39, 0.29) is 5.38 Å². The molecule has 2 heteroatoms. The first-order valence-electron chi connectivity index (χ1n) is 7.39. The summed E-state index contributed by atoms with van der Waals surface area (Å²) in [7, 11) is 0. The molecule has 2 aliphatic rings. The Balaban J connectivity index is 1.64. The third-order valence-electron chi connectivity index (χ3n) is 4.41. The first kappa shape index (κ1) is 13.2. The van der Waals surface area contributed by atoms with Gasteiger partial charge < -0.3 is 4.90 Å². The van der Waals surface area contributed by atoms with Crippen LogP contribution in [0.5, 0.6) is 0 Å². The number of likely N-dealkylation sites (tertiary alicyclic amines) is 1. The molecule has 1 unspecified atom stereocenters. The van der Waals surface area contributed by atoms with Crippen LogP contribution in [0.25, 0.3) is 5.57 Å². The van der Waals surface area contributed by atoms with Gasteiger partial charge in [-0.2, -0.15) is 0 Å². The molecular weight excluding hydrogens is 254 g/mol. The predicted molar refractivity (Wildman–Crippen MR) is 82.6 cm³/mol. The lowest BCUT2D eigenvalue weighted by atomic mass is 9.86. The van der Waals surface area contributed by atoms with Gasteiger partial charge in [0, 0.05) is 11.9 Å². The van der Waals surface area contributed by atoms with Crippen LogP contribution in [0, 0.1) is 5.92 Å². The van der Waals surface area contributed by atoms with Crippen molar-refractivity contribution in [2.75, 3.05) is 19.6 Å². The fourth-order valence-corrected chi connectivity index (χ4v) is 3.67. The number of fused-ring (bicyclic) bond motifs is 1. The fourth-order valence-electron chi connectivity index (χ4n) is 3.48. The highest BCUT2D eigenvalue weighted by Crippen LogP contribution is 2.37. The largest absolute Gasteiger partial charge is 0.302 e. The maximum atomic E-state index is 6.09. The molecule has 0 bridgehead atoms. The number of alkyl halides is 1. The van der Waals surface area contributed by atoms with Crippen molar-refractivity contribution in [2.45, 2.75) is 31.6 Å². The Hall–Kier alpha value is -0.790. The lowest BCUT2D eigenvalue weighted by Crippen LogP contribution is -2.37. The quantitative estimate of drug-likeness (QED) is 0.755. The summed E-state index contributed by atoms with van der Waals surface area (Å²) in [6.07, 6.45) is 6.15. The minimum absolute atomic E-state index is 0.267. The van der Waals surface area contributed by atoms with Crippen LogP contribution in [0.1, 0.15) is 30.9 Å². The van der Waals surface area contributed by atoms with E-state index >= 15 is 0 Å². The molecule has 1 fully saturated rings. The zero-order valence-electron chi connectivity index (χ0n) is 11.6. The summed E-state index contributed by atoms with van der Waals surface area (Å²) in [5, 5.41) is 0.267. The normalized spacial score (nSPS) is 22.1. The van der Waals surface area contributed by atoms with Gasteiger partial charge in [0.05, 0.1) is 0 Å². The summed E-state index contributed by atoms with van der Waals surface area (Å²) in [5.41, 5.74) is 4.62. The van der Waals surface area contributed by atoms with Crippen molar-refractivity contribution in [1.29, 1.82) is 0 Å². The van der Waals surface area contributed by atoms with Gasteiger partial charge in [-0.1, -0.05) is 30.3 Å². The lowest BCUT2D eigenvalue weighted by Gasteiger charge is -2.33. The molecule has 1 saturated heterocycles. The third kappa shape index (κ3) is 2.88. The number of rotatable bonds is 3. The monoisotopic (exact) mass is 275 g/mol. The highest BCUT2D eigenvalue weighted by atomic mass is 35.5. The van der Waals surface area contributed by atoms with E-state index in [2.05, 4.69) is 42.2 Å². The Morgan fingerprint density at radius 2 is 2.00 bits per heavy atom. The Labute approximate surface area is 121 Å². The Morgan fingerprint density at radius 3 is 2.74 bits per heavy atom. The molecule has 1 heterocycles. The molecule has 0 saturated carbocycles. The van der Waals surface area contributed by atoms with Crippen LogP contribution in [0.2, 0.25) is 0 Å². The molecule has 1 aliphatic heterocycles. The summed E-state index contributed by atoms with van der Waals surface area (Å²) in [6, 6.07) is 8.88. The van der Waals surface area contributed by atoms with Gasteiger partial charge in [0.25, 0.3) is 0 Å². The second-order valence-corrected chi connectivity index (χ2v) is 6.62. The van der Waals surface area contributed by atoms with Crippen LogP contribution in [-0.4, -0.2) is 29.9 Å². The molecule has 1 nitrogen and oxygen atoms in total. The smallest absolute Gasteiger partial charge is 0.0435 e. The van der Waals surface area contributed by atoms with Gasteiger partial charge in [-0.25, -0.2) is 0 Å². The fraction of sp³-hybridized carbons (Fsp3) is 0.529. The lowest BCUT2D eigenvalue weighted by molar-refractivity contribution is 0.208. The molecule has 1 aliphatic carbocycles. The summed E-state index contributed by atoms with van der Waals surface area (Å²) in [5.74, 6) is 0.755. The number of hydrogen-bond acceptors (Lipinski definition) is 1. The average molecular weight is 276 g/mol. The predicted octanol–water partition coefficient (Wildman–Crippen LogP) is 3.97. The van der Waals surface area contributed by atoms with E-state index in [0.717, 1.165) is 18.9 Å². The second kappa shape index (κ2) is 5.68. The van der Waals surface area contributed by atoms with Crippen LogP contribution < -0.4 is 0 Å². The van der Waals surface area contributed by atoms with E-state index < -0.39 is 0 Å². The molecule has 1 aromatic carbocycles. The van der Waals surface area contributed by atoms with Crippen molar-refractivity contribution >= 4 is 17.2 Å². The molecule has 0 aromatic heterocycles. The summed E-state index contributed by atoms with van der Waals surface area (Å²) < 4.78 is 0. The van der Waals surface area contributed by atoms with Crippen molar-refractivity contribution in [3.63, 3.8) is 0 Å². The highest BCUT2D eigenvalue weighted by molar-refractivity contribution is 6.20. The van der Waals surface area contributed by atoms with Gasteiger partial charge in [0.1, 0.15) is 0 Å². The SMILES string of the molecule is CC(Cl)CN1CCC(C2=CCc3ccccc32)CC1. The van der Waals surface area contributed by atoms with Crippen LogP contribution >= 0.6 is 11.6 Å². The Kier molecular flexibility index (Phi) is 3.95. The van der Waals surface area contributed by atoms with Crippen LogP contribution in [0.4, 0.5) is 0 Å². The molecule has 1 atom stereocenters. The van der Waals surface area contributed by atoms with Crippen molar-refractivity contribution in [1.82, 2.24) is 4.90 Å². The molecule has 19 heavy (non-hydrogen) atoms. The van der Waals surface area contributed by atoms with E-state index in [1.165, 1.54) is 37.1 Å². The van der Waals surface area contributed by atoms with E-state index in [9.17, 15) is 0 Å². The Bertz CT molecular complexity index is 470. The van der Waals surface area contributed by atoms with Crippen LogP contribution in [-0.2, 0) is 6.42 Å². The van der Waals surface area contributed by atoms with Crippen molar-refractivity contribution in [2.24, 2.45) is 5.92 Å². The van der Waals surface area contributed by atoms with Gasteiger partial charge >= 0.3 is 0 Å². The van der Waals surface area contributed by atoms with Crippen molar-refractivity contribution in [3.05, 3.63) is 41.5 Å². The molecule has 102 valence electrons. The van der Waals surface area contributed by atoms with Gasteiger partial charge in [-0.05, 0) is 61.9 Å². The number of benzene rings is 1. The molecule has 3 rings (SSSR count). The van der Waals surface area contributed by atoms with Crippen molar-refractivity contribution < 1.29 is 0 Å². The maximum absolute atomic E-state index is 6.09. The molecule has 0 N–H and O–H groups in total. The number of piperidine rings is 1. The Morgan fingerprint density at radius 1 is 1.26 bits per heavy atom. The highest BCUT2D eigenvalue weighted by Gasteiger charge is 2.26.